The molecule has 2 unspecified atom stereocenters. The second-order valence-corrected chi connectivity index (χ2v) is 10.5. The quantitative estimate of drug-likeness (QED) is 0.565. The third-order valence-corrected chi connectivity index (χ3v) is 7.84. The van der Waals surface area contributed by atoms with E-state index in [1.54, 1.807) is 11.0 Å². The maximum Gasteiger partial charge on any atom is 0.232 e. The second kappa shape index (κ2) is 9.28. The lowest BCUT2D eigenvalue weighted by atomic mass is 9.85. The van der Waals surface area contributed by atoms with E-state index in [0.29, 0.717) is 35.7 Å². The number of anilines is 1. The van der Waals surface area contributed by atoms with Gasteiger partial charge in [-0.1, -0.05) is 54.1 Å². The van der Waals surface area contributed by atoms with Gasteiger partial charge in [-0.25, -0.2) is 0 Å². The number of rotatable bonds is 5. The number of carbonyl (C=O) groups is 2. The number of hydrogen-bond acceptors (Lipinski definition) is 4. The Labute approximate surface area is 210 Å². The van der Waals surface area contributed by atoms with Crippen molar-refractivity contribution in [3.63, 3.8) is 0 Å². The summed E-state index contributed by atoms with van der Waals surface area (Å²) in [4.78, 5) is 27.7. The van der Waals surface area contributed by atoms with Crippen LogP contribution in [0.25, 0.3) is 0 Å². The Hall–Kier alpha value is -2.90. The summed E-state index contributed by atoms with van der Waals surface area (Å²) in [6.07, 6.45) is 2.46. The minimum absolute atomic E-state index is 0.0482. The first kappa shape index (κ1) is 23.8. The van der Waals surface area contributed by atoms with Crippen molar-refractivity contribution in [2.75, 3.05) is 11.9 Å². The summed E-state index contributed by atoms with van der Waals surface area (Å²) in [6.45, 7) is 4.45. The smallest absolute Gasteiger partial charge is 0.232 e. The fraction of sp³-hybridized carbons (Fsp3) is 0.444. The lowest BCUT2D eigenvalue weighted by Crippen LogP contribution is -2.63. The van der Waals surface area contributed by atoms with Crippen LogP contribution in [0.4, 0.5) is 5.69 Å². The average Bonchev–Trinajstić information content (AvgIpc) is 3.62. The zero-order valence-corrected chi connectivity index (χ0v) is 20.8. The van der Waals surface area contributed by atoms with Gasteiger partial charge in [0.1, 0.15) is 0 Å². The number of guanidine groups is 1. The molecule has 0 spiro atoms. The van der Waals surface area contributed by atoms with Gasteiger partial charge in [0.05, 0.1) is 28.8 Å². The Morgan fingerprint density at radius 2 is 1.97 bits per heavy atom. The summed E-state index contributed by atoms with van der Waals surface area (Å²) in [6, 6.07) is 15.5. The maximum absolute atomic E-state index is 13.2. The number of amides is 2. The molecule has 2 amide bonds. The van der Waals surface area contributed by atoms with Gasteiger partial charge in [-0.15, -0.1) is 0 Å². The predicted octanol–water partition coefficient (Wildman–Crippen LogP) is 4.62. The van der Waals surface area contributed by atoms with E-state index >= 15 is 0 Å². The SMILES string of the molecule is C[C@@H]1C[C@H](N2C(=N)N[C@](C)(c3cccc(NC(=O)C4CC4c4ccccc4)c3Cl)CC2=O)CCO1. The van der Waals surface area contributed by atoms with Crippen LogP contribution in [0.2, 0.25) is 5.02 Å². The largest absolute Gasteiger partial charge is 0.378 e. The lowest BCUT2D eigenvalue weighted by Gasteiger charge is -2.45. The zero-order valence-electron chi connectivity index (χ0n) is 20.0. The minimum Gasteiger partial charge on any atom is -0.378 e. The molecule has 0 aromatic heterocycles. The molecular weight excluding hydrogens is 464 g/mol. The molecule has 2 aliphatic heterocycles. The fourth-order valence-electron chi connectivity index (χ4n) is 5.47. The molecule has 3 aliphatic rings. The third kappa shape index (κ3) is 4.67. The first-order valence-corrected chi connectivity index (χ1v) is 12.6. The molecule has 1 aliphatic carbocycles. The molecule has 1 saturated carbocycles. The van der Waals surface area contributed by atoms with Crippen LogP contribution in [-0.4, -0.2) is 41.4 Å². The standard InChI is InChI=1S/C27H31ClN4O3/c1-16-13-18(11-12-35-16)32-23(33)15-27(2,31-26(32)29)21-9-6-10-22(24(21)28)30-25(34)20-14-19(20)17-7-4-3-5-8-17/h3-10,16,18-20H,11-15H2,1-2H3,(H2,29,31)(H,30,34)/t16-,18-,19?,20?,27+/m1/s1. The number of halogens is 1. The highest BCUT2D eigenvalue weighted by Crippen LogP contribution is 2.48. The van der Waals surface area contributed by atoms with Crippen molar-refractivity contribution in [1.29, 1.82) is 5.41 Å². The van der Waals surface area contributed by atoms with Crippen LogP contribution >= 0.6 is 11.6 Å². The molecule has 2 aromatic rings. The van der Waals surface area contributed by atoms with Gasteiger partial charge < -0.3 is 15.4 Å². The second-order valence-electron chi connectivity index (χ2n) is 10.1. The van der Waals surface area contributed by atoms with Crippen molar-refractivity contribution in [2.45, 2.75) is 63.1 Å². The van der Waals surface area contributed by atoms with Crippen molar-refractivity contribution in [2.24, 2.45) is 5.92 Å². The summed E-state index contributed by atoms with van der Waals surface area (Å²) in [5.41, 5.74) is 1.53. The molecule has 3 N–H and O–H groups in total. The van der Waals surface area contributed by atoms with Crippen LogP contribution in [0.5, 0.6) is 0 Å². The zero-order chi connectivity index (χ0) is 24.7. The summed E-state index contributed by atoms with van der Waals surface area (Å²) >= 11 is 6.79. The number of benzene rings is 2. The third-order valence-electron chi connectivity index (χ3n) is 7.44. The molecule has 184 valence electrons. The Morgan fingerprint density at radius 1 is 1.20 bits per heavy atom. The molecule has 8 heteroatoms. The number of nitrogens with zero attached hydrogens (tertiary/aromatic N) is 1. The van der Waals surface area contributed by atoms with Crippen LogP contribution < -0.4 is 10.6 Å². The minimum atomic E-state index is -0.856. The predicted molar refractivity (Wildman–Crippen MR) is 135 cm³/mol. The molecule has 2 heterocycles. The van der Waals surface area contributed by atoms with E-state index in [9.17, 15) is 9.59 Å². The summed E-state index contributed by atoms with van der Waals surface area (Å²) in [7, 11) is 0. The van der Waals surface area contributed by atoms with E-state index in [0.717, 1.165) is 6.42 Å². The van der Waals surface area contributed by atoms with Crippen LogP contribution in [0.15, 0.2) is 48.5 Å². The van der Waals surface area contributed by atoms with Gasteiger partial charge in [0, 0.05) is 18.6 Å². The van der Waals surface area contributed by atoms with E-state index in [-0.39, 0.29) is 48.2 Å². The van der Waals surface area contributed by atoms with Gasteiger partial charge in [-0.05, 0) is 56.2 Å². The van der Waals surface area contributed by atoms with Gasteiger partial charge >= 0.3 is 0 Å². The van der Waals surface area contributed by atoms with Gasteiger partial charge in [-0.3, -0.25) is 19.9 Å². The van der Waals surface area contributed by atoms with Gasteiger partial charge in [0.15, 0.2) is 5.96 Å². The highest BCUT2D eigenvalue weighted by atomic mass is 35.5. The monoisotopic (exact) mass is 494 g/mol. The molecule has 2 aromatic carbocycles. The number of hydrogen-bond donors (Lipinski definition) is 3. The number of carbonyl (C=O) groups excluding carboxylic acids is 2. The molecule has 3 fully saturated rings. The average molecular weight is 495 g/mol. The van der Waals surface area contributed by atoms with Crippen LogP contribution in [-0.2, 0) is 19.9 Å². The van der Waals surface area contributed by atoms with Gasteiger partial charge in [0.2, 0.25) is 11.8 Å². The van der Waals surface area contributed by atoms with Crippen molar-refractivity contribution < 1.29 is 14.3 Å². The first-order chi connectivity index (χ1) is 16.8. The normalized spacial score (nSPS) is 30.5. The fourth-order valence-corrected chi connectivity index (χ4v) is 5.85. The van der Waals surface area contributed by atoms with Crippen molar-refractivity contribution in [1.82, 2.24) is 10.2 Å². The Kier molecular flexibility index (Phi) is 6.32. The number of ether oxygens (including phenoxy) is 1. The Bertz CT molecular complexity index is 1140. The van der Waals surface area contributed by atoms with E-state index in [2.05, 4.69) is 22.8 Å². The van der Waals surface area contributed by atoms with Crippen molar-refractivity contribution in [3.8, 4) is 0 Å². The Morgan fingerprint density at radius 3 is 2.69 bits per heavy atom. The van der Waals surface area contributed by atoms with E-state index in [1.807, 2.05) is 44.2 Å². The molecule has 0 radical (unpaired) electrons. The highest BCUT2D eigenvalue weighted by Gasteiger charge is 2.45. The van der Waals surface area contributed by atoms with E-state index in [4.69, 9.17) is 21.7 Å². The molecule has 0 bridgehead atoms. The van der Waals surface area contributed by atoms with Crippen LogP contribution in [0.3, 0.4) is 0 Å². The molecule has 35 heavy (non-hydrogen) atoms. The lowest BCUT2D eigenvalue weighted by molar-refractivity contribution is -0.134. The van der Waals surface area contributed by atoms with Gasteiger partial charge in [0.25, 0.3) is 0 Å². The van der Waals surface area contributed by atoms with E-state index < -0.39 is 5.54 Å². The number of nitrogens with one attached hydrogen (secondary N) is 3. The molecule has 2 saturated heterocycles. The maximum atomic E-state index is 13.2. The van der Waals surface area contributed by atoms with E-state index in [1.165, 1.54) is 5.56 Å². The highest BCUT2D eigenvalue weighted by molar-refractivity contribution is 6.34. The Balaban J connectivity index is 1.31. The van der Waals surface area contributed by atoms with Gasteiger partial charge in [-0.2, -0.15) is 0 Å². The van der Waals surface area contributed by atoms with Crippen molar-refractivity contribution >= 4 is 35.1 Å². The summed E-state index contributed by atoms with van der Waals surface area (Å²) < 4.78 is 5.61. The van der Waals surface area contributed by atoms with Crippen LogP contribution in [0, 0.1) is 11.3 Å². The summed E-state index contributed by atoms with van der Waals surface area (Å²) in [5, 5.41) is 15.3. The topological polar surface area (TPSA) is 94.5 Å². The molecule has 7 nitrogen and oxygen atoms in total. The van der Waals surface area contributed by atoms with Crippen molar-refractivity contribution in [3.05, 3.63) is 64.7 Å². The first-order valence-electron chi connectivity index (χ1n) is 12.2. The molecule has 5 atom stereocenters. The molecule has 5 rings (SSSR count). The summed E-state index contributed by atoms with van der Waals surface area (Å²) in [5.74, 6) is 0.0724. The molecular formula is C27H31ClN4O3. The van der Waals surface area contributed by atoms with Crippen LogP contribution in [0.1, 0.15) is 56.6 Å².